The van der Waals surface area contributed by atoms with Gasteiger partial charge in [0, 0.05) is 13.1 Å². The maximum Gasteiger partial charge on any atom is 0.0579 e. The SMILES string of the molecule is CCN(Cc1ccccc1)N([O-])N=O. The van der Waals surface area contributed by atoms with E-state index in [0.29, 0.717) is 13.1 Å². The van der Waals surface area contributed by atoms with Gasteiger partial charge in [0.25, 0.3) is 0 Å². The summed E-state index contributed by atoms with van der Waals surface area (Å²) in [6.45, 7) is 2.63. The average Bonchev–Trinajstić information content (AvgIpc) is 2.26. The van der Waals surface area contributed by atoms with Crippen molar-refractivity contribution >= 4 is 0 Å². The van der Waals surface area contributed by atoms with Gasteiger partial charge in [-0.1, -0.05) is 37.3 Å². The third-order valence-electron chi connectivity index (χ3n) is 1.88. The van der Waals surface area contributed by atoms with Crippen molar-refractivity contribution < 1.29 is 0 Å². The van der Waals surface area contributed by atoms with Crippen LogP contribution in [0.1, 0.15) is 12.5 Å². The first-order chi connectivity index (χ1) is 6.77. The van der Waals surface area contributed by atoms with E-state index in [1.165, 1.54) is 5.01 Å². The molecule has 0 heterocycles. The summed E-state index contributed by atoms with van der Waals surface area (Å²) < 4.78 is 0. The van der Waals surface area contributed by atoms with Gasteiger partial charge in [0.1, 0.15) is 0 Å². The fraction of sp³-hybridized carbons (Fsp3) is 0.333. The van der Waals surface area contributed by atoms with Gasteiger partial charge in [-0.3, -0.25) is 5.28 Å². The molecule has 0 amide bonds. The zero-order valence-corrected chi connectivity index (χ0v) is 7.96. The minimum absolute atomic E-state index is 0.0764. The summed E-state index contributed by atoms with van der Waals surface area (Å²) in [6, 6.07) is 9.44. The van der Waals surface area contributed by atoms with Crippen LogP contribution >= 0.6 is 0 Å². The highest BCUT2D eigenvalue weighted by molar-refractivity contribution is 5.14. The van der Waals surface area contributed by atoms with Gasteiger partial charge in [-0.05, 0) is 5.56 Å². The van der Waals surface area contributed by atoms with Crippen molar-refractivity contribution in [3.8, 4) is 0 Å². The lowest BCUT2D eigenvalue weighted by atomic mass is 10.2. The Balaban J connectivity index is 2.61. The number of nitrogens with zero attached hydrogens (tertiary/aromatic N) is 3. The molecule has 5 nitrogen and oxygen atoms in total. The van der Waals surface area contributed by atoms with Crippen LogP contribution in [0.4, 0.5) is 0 Å². The van der Waals surface area contributed by atoms with E-state index in [-0.39, 0.29) is 5.28 Å². The van der Waals surface area contributed by atoms with E-state index in [9.17, 15) is 10.1 Å². The molecule has 0 aliphatic heterocycles. The molecule has 0 N–H and O–H groups in total. The number of hydrogen-bond donors (Lipinski definition) is 0. The largest absolute Gasteiger partial charge is 0.724 e. The highest BCUT2D eigenvalue weighted by Gasteiger charge is 2.04. The topological polar surface area (TPSA) is 59.0 Å². The van der Waals surface area contributed by atoms with Gasteiger partial charge in [0.15, 0.2) is 0 Å². The Morgan fingerprint density at radius 1 is 1.36 bits per heavy atom. The summed E-state index contributed by atoms with van der Waals surface area (Å²) >= 11 is 0. The maximum absolute atomic E-state index is 10.9. The lowest BCUT2D eigenvalue weighted by Crippen LogP contribution is -2.33. The molecular weight excluding hydrogens is 182 g/mol. The number of hydrogen-bond acceptors (Lipinski definition) is 4. The second kappa shape index (κ2) is 5.31. The second-order valence-electron chi connectivity index (χ2n) is 2.80. The van der Waals surface area contributed by atoms with Gasteiger partial charge in [-0.25, -0.2) is 5.01 Å². The van der Waals surface area contributed by atoms with Crippen LogP contribution in [0.2, 0.25) is 0 Å². The predicted molar refractivity (Wildman–Crippen MR) is 53.5 cm³/mol. The van der Waals surface area contributed by atoms with Gasteiger partial charge < -0.3 is 5.21 Å². The van der Waals surface area contributed by atoms with Crippen LogP contribution in [0, 0.1) is 10.1 Å². The Labute approximate surface area is 82.4 Å². The predicted octanol–water partition coefficient (Wildman–Crippen LogP) is 1.90. The summed E-state index contributed by atoms with van der Waals surface area (Å²) in [5.74, 6) is 0. The zero-order chi connectivity index (χ0) is 10.4. The molecule has 0 atom stereocenters. The van der Waals surface area contributed by atoms with Crippen LogP contribution in [0.3, 0.4) is 0 Å². The number of rotatable bonds is 5. The second-order valence-corrected chi connectivity index (χ2v) is 2.80. The summed E-state index contributed by atoms with van der Waals surface area (Å²) in [6.07, 6.45) is 0. The number of nitroso groups, excluding NO2 is 1. The molecule has 0 radical (unpaired) electrons. The van der Waals surface area contributed by atoms with Crippen LogP contribution in [-0.2, 0) is 6.54 Å². The Morgan fingerprint density at radius 3 is 2.50 bits per heavy atom. The van der Waals surface area contributed by atoms with Crippen LogP contribution in [0.25, 0.3) is 0 Å². The molecule has 0 aliphatic rings. The van der Waals surface area contributed by atoms with E-state index in [4.69, 9.17) is 0 Å². The Bertz CT molecular complexity index is 279. The third-order valence-corrected chi connectivity index (χ3v) is 1.88. The molecule has 0 saturated heterocycles. The van der Waals surface area contributed by atoms with Crippen LogP contribution in [-0.4, -0.2) is 16.8 Å². The zero-order valence-electron chi connectivity index (χ0n) is 7.96. The first-order valence-electron chi connectivity index (χ1n) is 4.37. The normalized spacial score (nSPS) is 10.2. The third kappa shape index (κ3) is 2.79. The van der Waals surface area contributed by atoms with Crippen molar-refractivity contribution in [1.82, 2.24) is 10.3 Å². The van der Waals surface area contributed by atoms with Gasteiger partial charge in [0.05, 0.1) is 5.29 Å². The van der Waals surface area contributed by atoms with Crippen molar-refractivity contribution in [2.24, 2.45) is 5.29 Å². The smallest absolute Gasteiger partial charge is 0.0579 e. The summed E-state index contributed by atoms with van der Waals surface area (Å²) in [5.41, 5.74) is 0.971. The van der Waals surface area contributed by atoms with Crippen LogP contribution < -0.4 is 0 Å². The van der Waals surface area contributed by atoms with E-state index in [0.717, 1.165) is 5.56 Å². The lowest BCUT2D eigenvalue weighted by Gasteiger charge is -2.32. The fourth-order valence-electron chi connectivity index (χ4n) is 1.14. The van der Waals surface area contributed by atoms with E-state index in [1.54, 1.807) is 6.92 Å². The molecule has 1 aromatic carbocycles. The molecule has 5 heteroatoms. The first kappa shape index (κ1) is 10.6. The Kier molecular flexibility index (Phi) is 4.03. The van der Waals surface area contributed by atoms with Gasteiger partial charge in [0.2, 0.25) is 0 Å². The van der Waals surface area contributed by atoms with Crippen molar-refractivity contribution in [2.75, 3.05) is 6.54 Å². The molecule has 1 rings (SSSR count). The summed E-state index contributed by atoms with van der Waals surface area (Å²) in [5, 5.41) is 14.6. The van der Waals surface area contributed by atoms with Crippen LogP contribution in [0.15, 0.2) is 35.6 Å². The van der Waals surface area contributed by atoms with E-state index in [1.807, 2.05) is 30.3 Å². The average molecular weight is 194 g/mol. The monoisotopic (exact) mass is 194 g/mol. The molecule has 0 unspecified atom stereocenters. The van der Waals surface area contributed by atoms with Gasteiger partial charge in [-0.2, -0.15) is 0 Å². The lowest BCUT2D eigenvalue weighted by molar-refractivity contribution is 0.0190. The minimum Gasteiger partial charge on any atom is -0.724 e. The number of benzene rings is 1. The minimum atomic E-state index is 0.0764. The van der Waals surface area contributed by atoms with E-state index >= 15 is 0 Å². The Hall–Kier alpha value is -1.46. The molecule has 14 heavy (non-hydrogen) atoms. The van der Waals surface area contributed by atoms with Crippen molar-refractivity contribution in [1.29, 1.82) is 0 Å². The molecule has 76 valence electrons. The molecular formula is C9H12N3O2-. The van der Waals surface area contributed by atoms with Gasteiger partial charge >= 0.3 is 0 Å². The molecule has 0 fully saturated rings. The molecule has 0 saturated carbocycles. The van der Waals surface area contributed by atoms with Gasteiger partial charge in [-0.15, -0.1) is 4.91 Å². The van der Waals surface area contributed by atoms with E-state index < -0.39 is 0 Å². The molecule has 0 aliphatic carbocycles. The first-order valence-corrected chi connectivity index (χ1v) is 4.37. The van der Waals surface area contributed by atoms with E-state index in [2.05, 4.69) is 5.29 Å². The fourth-order valence-corrected chi connectivity index (χ4v) is 1.14. The highest BCUT2D eigenvalue weighted by atomic mass is 16.6. The van der Waals surface area contributed by atoms with Crippen molar-refractivity contribution in [3.05, 3.63) is 46.0 Å². The molecule has 0 spiro atoms. The summed E-state index contributed by atoms with van der Waals surface area (Å²) in [7, 11) is 0. The maximum atomic E-state index is 10.9. The quantitative estimate of drug-likeness (QED) is 0.530. The van der Waals surface area contributed by atoms with Crippen molar-refractivity contribution in [2.45, 2.75) is 13.5 Å². The number of hydrazine groups is 1. The van der Waals surface area contributed by atoms with Crippen LogP contribution in [0.5, 0.6) is 0 Å². The van der Waals surface area contributed by atoms with Crippen molar-refractivity contribution in [3.63, 3.8) is 0 Å². The highest BCUT2D eigenvalue weighted by Crippen LogP contribution is 2.06. The molecule has 0 bridgehead atoms. The standard InChI is InChI=1S/C9H12N3O2/c1-2-11(12(14)10-13)8-9-6-4-3-5-7-9/h3-7H,2,8H2,1H3/q-1. The Morgan fingerprint density at radius 2 is 2.00 bits per heavy atom. The summed E-state index contributed by atoms with van der Waals surface area (Å²) in [4.78, 5) is 10.0. The molecule has 0 aromatic heterocycles. The molecule has 1 aromatic rings.